The second kappa shape index (κ2) is 8.01. The van der Waals surface area contributed by atoms with Gasteiger partial charge in [-0.3, -0.25) is 0 Å². The Morgan fingerprint density at radius 2 is 2.15 bits per heavy atom. The van der Waals surface area contributed by atoms with Crippen LogP contribution in [0.25, 0.3) is 0 Å². The fourth-order valence-electron chi connectivity index (χ4n) is 2.52. The molecule has 1 aliphatic rings. The molecule has 0 saturated carbocycles. The number of hydroxylamine groups is 2. The zero-order valence-corrected chi connectivity index (χ0v) is 13.4. The number of nitriles is 1. The van der Waals surface area contributed by atoms with Crippen LogP contribution in [0.5, 0.6) is 5.75 Å². The first-order valence-electron chi connectivity index (χ1n) is 7.62. The molecular formula is C15H15F3N3O5+. The molecule has 0 unspecified atom stereocenters. The van der Waals surface area contributed by atoms with Crippen molar-refractivity contribution in [1.29, 1.82) is 5.26 Å². The van der Waals surface area contributed by atoms with Crippen molar-refractivity contribution < 1.29 is 37.7 Å². The Balaban J connectivity index is 2.10. The van der Waals surface area contributed by atoms with Gasteiger partial charge in [0.15, 0.2) is 5.56 Å². The summed E-state index contributed by atoms with van der Waals surface area (Å²) in [5.74, 6) is -2.33. The summed E-state index contributed by atoms with van der Waals surface area (Å²) in [4.78, 5) is 26.0. The maximum absolute atomic E-state index is 12.4. The van der Waals surface area contributed by atoms with Crippen LogP contribution in [0.4, 0.5) is 18.9 Å². The number of rotatable bonds is 5. The monoisotopic (exact) mass is 374 g/mol. The van der Waals surface area contributed by atoms with E-state index in [-0.39, 0.29) is 30.2 Å². The number of carbonyl (C=O) groups excluding carboxylic acids is 1. The van der Waals surface area contributed by atoms with Crippen molar-refractivity contribution in [3.63, 3.8) is 0 Å². The molecule has 1 N–H and O–H groups in total. The van der Waals surface area contributed by atoms with Crippen molar-refractivity contribution in [2.45, 2.75) is 31.5 Å². The molecule has 1 atom stereocenters. The third kappa shape index (κ3) is 4.60. The van der Waals surface area contributed by atoms with Crippen LogP contribution in [0.3, 0.4) is 0 Å². The first-order chi connectivity index (χ1) is 12.2. The number of ether oxygens (including phenoxy) is 1. The highest BCUT2D eigenvalue weighted by atomic mass is 19.4. The summed E-state index contributed by atoms with van der Waals surface area (Å²) in [7, 11) is 0. The maximum Gasteiger partial charge on any atom is 0.492 e. The van der Waals surface area contributed by atoms with Crippen molar-refractivity contribution in [1.82, 2.24) is 5.06 Å². The standard InChI is InChI=1S/C15H15F3N3O5/c16-15(17,18)14(22)26-20-7-2-1-4-10(20)9-25-13-6-3-5-12(21(23)24)11(13)8-19/h3,5-6,10H,1-2,4,7,9H2,(H,23,24)/q+1/t10-/m1/s1. The minimum absolute atomic E-state index is 0.0208. The van der Waals surface area contributed by atoms with Crippen molar-refractivity contribution >= 4 is 11.7 Å². The maximum atomic E-state index is 12.4. The number of nitrogens with zero attached hydrogens (tertiary/aromatic N) is 3. The second-order valence-corrected chi connectivity index (χ2v) is 5.51. The Morgan fingerprint density at radius 1 is 1.42 bits per heavy atom. The zero-order chi connectivity index (χ0) is 19.3. The fraction of sp³-hybridized carbons (Fsp3) is 0.467. The SMILES string of the molecule is N#Cc1c(OC[C@H]2CCCCN2OC(=O)C(F)(F)F)cccc1[N+](=O)O. The number of carbonyl (C=O) groups is 1. The molecule has 11 heteroatoms. The van der Waals surface area contributed by atoms with Gasteiger partial charge in [0.25, 0.3) is 4.92 Å². The van der Waals surface area contributed by atoms with Crippen LogP contribution < -0.4 is 4.74 Å². The molecule has 0 spiro atoms. The summed E-state index contributed by atoms with van der Waals surface area (Å²) >= 11 is 0. The highest BCUT2D eigenvalue weighted by Gasteiger charge is 2.43. The summed E-state index contributed by atoms with van der Waals surface area (Å²) in [6.45, 7) is -0.0560. The highest BCUT2D eigenvalue weighted by Crippen LogP contribution is 2.28. The van der Waals surface area contributed by atoms with Gasteiger partial charge in [0.2, 0.25) is 0 Å². The van der Waals surface area contributed by atoms with Gasteiger partial charge in [-0.2, -0.15) is 18.4 Å². The van der Waals surface area contributed by atoms with Gasteiger partial charge < -0.3 is 9.57 Å². The Labute approximate surface area is 145 Å². The van der Waals surface area contributed by atoms with Crippen LogP contribution >= 0.6 is 0 Å². The van der Waals surface area contributed by atoms with Gasteiger partial charge >= 0.3 is 17.8 Å². The highest BCUT2D eigenvalue weighted by molar-refractivity contribution is 5.75. The van der Waals surface area contributed by atoms with Crippen LogP contribution in [-0.4, -0.2) is 46.5 Å². The fourth-order valence-corrected chi connectivity index (χ4v) is 2.52. The molecule has 8 nitrogen and oxygen atoms in total. The van der Waals surface area contributed by atoms with E-state index in [9.17, 15) is 22.9 Å². The largest absolute Gasteiger partial charge is 0.492 e. The van der Waals surface area contributed by atoms with E-state index in [2.05, 4.69) is 4.84 Å². The number of alkyl halides is 3. The number of piperidine rings is 1. The lowest BCUT2D eigenvalue weighted by Gasteiger charge is -2.33. The number of hydrogen-bond donors (Lipinski definition) is 1. The molecule has 0 bridgehead atoms. The van der Waals surface area contributed by atoms with Crippen LogP contribution in [0.15, 0.2) is 18.2 Å². The molecule has 0 amide bonds. The van der Waals surface area contributed by atoms with E-state index in [0.717, 1.165) is 5.06 Å². The number of halogens is 3. The Morgan fingerprint density at radius 3 is 2.77 bits per heavy atom. The normalized spacial score (nSPS) is 18.0. The van der Waals surface area contributed by atoms with Gasteiger partial charge in [-0.05, 0) is 18.9 Å². The first-order valence-corrected chi connectivity index (χ1v) is 7.62. The van der Waals surface area contributed by atoms with E-state index < -0.39 is 23.1 Å². The van der Waals surface area contributed by atoms with Gasteiger partial charge in [0, 0.05) is 12.6 Å². The van der Waals surface area contributed by atoms with Crippen molar-refractivity contribution in [3.05, 3.63) is 28.7 Å². The number of hydrogen-bond acceptors (Lipinski definition) is 6. The van der Waals surface area contributed by atoms with Crippen molar-refractivity contribution in [2.75, 3.05) is 13.2 Å². The molecule has 26 heavy (non-hydrogen) atoms. The topological polar surface area (TPSA) is 103 Å². The minimum Gasteiger partial charge on any atom is -0.490 e. The molecular weight excluding hydrogens is 359 g/mol. The molecule has 140 valence electrons. The number of benzene rings is 1. The summed E-state index contributed by atoms with van der Waals surface area (Å²) in [5, 5.41) is 19.0. The lowest BCUT2D eigenvalue weighted by atomic mass is 10.1. The molecule has 0 radical (unpaired) electrons. The summed E-state index contributed by atoms with van der Waals surface area (Å²) in [6.07, 6.45) is -3.44. The van der Waals surface area contributed by atoms with E-state index in [0.29, 0.717) is 19.3 Å². The Bertz CT molecular complexity index is 732. The average molecular weight is 374 g/mol. The van der Waals surface area contributed by atoms with Gasteiger partial charge in [-0.1, -0.05) is 12.5 Å². The first kappa shape index (κ1) is 19.5. The molecule has 0 aliphatic carbocycles. The van der Waals surface area contributed by atoms with Crippen LogP contribution in [0.1, 0.15) is 24.8 Å². The average Bonchev–Trinajstić information content (AvgIpc) is 2.59. The van der Waals surface area contributed by atoms with E-state index in [1.165, 1.54) is 18.2 Å². The summed E-state index contributed by atoms with van der Waals surface area (Å²) < 4.78 is 42.6. The van der Waals surface area contributed by atoms with Gasteiger partial charge in [-0.25, -0.2) is 10.0 Å². The summed E-state index contributed by atoms with van der Waals surface area (Å²) in [6, 6.07) is 5.02. The van der Waals surface area contributed by atoms with E-state index >= 15 is 0 Å². The quantitative estimate of drug-likeness (QED) is 0.790. The second-order valence-electron chi connectivity index (χ2n) is 5.51. The molecule has 1 aliphatic heterocycles. The molecule has 2 rings (SSSR count). The van der Waals surface area contributed by atoms with Crippen LogP contribution in [0, 0.1) is 16.2 Å². The van der Waals surface area contributed by atoms with Gasteiger partial charge in [0.1, 0.15) is 18.4 Å². The van der Waals surface area contributed by atoms with Crippen molar-refractivity contribution in [3.8, 4) is 11.8 Å². The zero-order valence-electron chi connectivity index (χ0n) is 13.4. The molecule has 1 aromatic carbocycles. The van der Waals surface area contributed by atoms with Crippen LogP contribution in [0.2, 0.25) is 0 Å². The molecule has 1 aromatic rings. The predicted molar refractivity (Wildman–Crippen MR) is 78.2 cm³/mol. The molecule has 0 aromatic heterocycles. The van der Waals surface area contributed by atoms with Crippen molar-refractivity contribution in [2.24, 2.45) is 0 Å². The lowest BCUT2D eigenvalue weighted by molar-refractivity contribution is -0.729. The predicted octanol–water partition coefficient (Wildman–Crippen LogP) is 2.61. The molecule has 1 heterocycles. The van der Waals surface area contributed by atoms with Gasteiger partial charge in [0.05, 0.1) is 10.9 Å². The minimum atomic E-state index is -5.11. The lowest BCUT2D eigenvalue weighted by Crippen LogP contribution is -2.46. The molecule has 1 saturated heterocycles. The van der Waals surface area contributed by atoms with Gasteiger partial charge in [-0.15, -0.1) is 5.06 Å². The third-order valence-corrected chi connectivity index (χ3v) is 3.76. The molecule has 1 fully saturated rings. The summed E-state index contributed by atoms with van der Waals surface area (Å²) in [5.41, 5.74) is -0.548. The Hall–Kier alpha value is -2.87. The third-order valence-electron chi connectivity index (χ3n) is 3.76. The van der Waals surface area contributed by atoms with E-state index in [1.807, 2.05) is 0 Å². The van der Waals surface area contributed by atoms with E-state index in [1.54, 1.807) is 6.07 Å². The smallest absolute Gasteiger partial charge is 0.490 e. The van der Waals surface area contributed by atoms with Crippen LogP contribution in [-0.2, 0) is 9.63 Å². The van der Waals surface area contributed by atoms with E-state index in [4.69, 9.17) is 15.2 Å². The Kier molecular flexibility index (Phi) is 5.99.